The molecule has 2 aliphatic rings. The highest BCUT2D eigenvalue weighted by molar-refractivity contribution is 7.99. The van der Waals surface area contributed by atoms with Gasteiger partial charge in [-0.25, -0.2) is 0 Å². The van der Waals surface area contributed by atoms with Gasteiger partial charge in [0.25, 0.3) is 0 Å². The van der Waals surface area contributed by atoms with Gasteiger partial charge in [-0.2, -0.15) is 11.8 Å². The van der Waals surface area contributed by atoms with Crippen molar-refractivity contribution in [3.05, 3.63) is 0 Å². The zero-order chi connectivity index (χ0) is 12.4. The van der Waals surface area contributed by atoms with E-state index in [0.717, 1.165) is 17.9 Å². The molecule has 0 amide bonds. The lowest BCUT2D eigenvalue weighted by Gasteiger charge is -2.40. The van der Waals surface area contributed by atoms with Crippen molar-refractivity contribution in [3.8, 4) is 0 Å². The van der Waals surface area contributed by atoms with Crippen LogP contribution in [0.25, 0.3) is 0 Å². The minimum atomic E-state index is 0.422. The van der Waals surface area contributed by atoms with E-state index < -0.39 is 0 Å². The fraction of sp³-hybridized carbons (Fsp3) is 1.00. The largest absolute Gasteiger partial charge is 0.327 e. The smallest absolute Gasteiger partial charge is 0.0191 e. The first-order valence-corrected chi connectivity index (χ1v) is 8.27. The highest BCUT2D eigenvalue weighted by Gasteiger charge is 2.33. The average Bonchev–Trinajstić information content (AvgIpc) is 2.76. The summed E-state index contributed by atoms with van der Waals surface area (Å²) in [6.45, 7) is 5.96. The minimum absolute atomic E-state index is 0.422. The Morgan fingerprint density at radius 3 is 2.65 bits per heavy atom. The van der Waals surface area contributed by atoms with Gasteiger partial charge >= 0.3 is 0 Å². The summed E-state index contributed by atoms with van der Waals surface area (Å²) >= 11 is 2.10. The predicted octanol–water partition coefficient (Wildman–Crippen LogP) is 2.43. The Labute approximate surface area is 111 Å². The Bertz CT molecular complexity index is 228. The van der Waals surface area contributed by atoms with E-state index in [9.17, 15) is 0 Å². The molecule has 1 aliphatic heterocycles. The molecule has 17 heavy (non-hydrogen) atoms. The number of nitrogens with two attached hydrogens (primary N) is 1. The third-order valence-electron chi connectivity index (χ3n) is 4.76. The molecule has 1 saturated heterocycles. The van der Waals surface area contributed by atoms with Crippen LogP contribution < -0.4 is 5.73 Å². The number of hydrogen-bond acceptors (Lipinski definition) is 3. The zero-order valence-electron chi connectivity index (χ0n) is 11.6. The van der Waals surface area contributed by atoms with Crippen molar-refractivity contribution >= 4 is 11.8 Å². The quantitative estimate of drug-likeness (QED) is 0.841. The molecule has 1 aliphatic carbocycles. The van der Waals surface area contributed by atoms with E-state index in [0.29, 0.717) is 12.0 Å². The summed E-state index contributed by atoms with van der Waals surface area (Å²) in [5.41, 5.74) is 6.37. The SMILES string of the molecule is CC1CC(C)C(CN(C)C2CCSC2)C(N)C1. The molecule has 1 heterocycles. The number of hydrogen-bond donors (Lipinski definition) is 1. The van der Waals surface area contributed by atoms with E-state index >= 15 is 0 Å². The molecule has 100 valence electrons. The van der Waals surface area contributed by atoms with Crippen LogP contribution in [0.5, 0.6) is 0 Å². The van der Waals surface area contributed by atoms with E-state index in [-0.39, 0.29) is 0 Å². The van der Waals surface area contributed by atoms with Gasteiger partial charge in [0.2, 0.25) is 0 Å². The second-order valence-corrected chi connectivity index (χ2v) is 7.49. The van der Waals surface area contributed by atoms with E-state index in [1.54, 1.807) is 0 Å². The zero-order valence-corrected chi connectivity index (χ0v) is 12.4. The van der Waals surface area contributed by atoms with Crippen molar-refractivity contribution in [1.29, 1.82) is 0 Å². The van der Waals surface area contributed by atoms with Crippen LogP contribution in [-0.2, 0) is 0 Å². The van der Waals surface area contributed by atoms with Crippen LogP contribution in [0.2, 0.25) is 0 Å². The number of rotatable bonds is 3. The normalized spacial score (nSPS) is 43.2. The molecule has 0 radical (unpaired) electrons. The van der Waals surface area contributed by atoms with Gasteiger partial charge in [0, 0.05) is 24.4 Å². The molecule has 0 bridgehead atoms. The minimum Gasteiger partial charge on any atom is -0.327 e. The summed E-state index contributed by atoms with van der Waals surface area (Å²) in [7, 11) is 2.30. The van der Waals surface area contributed by atoms with Gasteiger partial charge in [-0.3, -0.25) is 0 Å². The van der Waals surface area contributed by atoms with Crippen molar-refractivity contribution in [3.63, 3.8) is 0 Å². The van der Waals surface area contributed by atoms with E-state index in [2.05, 4.69) is 37.6 Å². The summed E-state index contributed by atoms with van der Waals surface area (Å²) < 4.78 is 0. The molecule has 0 aromatic carbocycles. The summed E-state index contributed by atoms with van der Waals surface area (Å²) in [5, 5.41) is 0. The first-order valence-electron chi connectivity index (χ1n) is 7.11. The van der Waals surface area contributed by atoms with Gasteiger partial charge in [-0.1, -0.05) is 13.8 Å². The molecule has 3 heteroatoms. The first kappa shape index (κ1) is 13.7. The van der Waals surface area contributed by atoms with Crippen LogP contribution in [0.1, 0.15) is 33.1 Å². The second-order valence-electron chi connectivity index (χ2n) is 6.34. The van der Waals surface area contributed by atoms with Crippen LogP contribution in [-0.4, -0.2) is 42.1 Å². The molecule has 2 fully saturated rings. The molecule has 2 N–H and O–H groups in total. The van der Waals surface area contributed by atoms with Crippen molar-refractivity contribution in [1.82, 2.24) is 4.90 Å². The maximum absolute atomic E-state index is 6.37. The second kappa shape index (κ2) is 5.94. The molecule has 0 spiro atoms. The standard InChI is InChI=1S/C14H28N2S/c1-10-6-11(2)13(14(15)7-10)8-16(3)12-4-5-17-9-12/h10-14H,4-9,15H2,1-3H3. The maximum Gasteiger partial charge on any atom is 0.0191 e. The van der Waals surface area contributed by atoms with E-state index in [1.807, 2.05) is 0 Å². The van der Waals surface area contributed by atoms with Crippen molar-refractivity contribution in [2.24, 2.45) is 23.5 Å². The lowest BCUT2D eigenvalue weighted by molar-refractivity contribution is 0.115. The predicted molar refractivity (Wildman–Crippen MR) is 77.4 cm³/mol. The van der Waals surface area contributed by atoms with Gasteiger partial charge in [0.15, 0.2) is 0 Å². The highest BCUT2D eigenvalue weighted by atomic mass is 32.2. The van der Waals surface area contributed by atoms with Gasteiger partial charge in [0.05, 0.1) is 0 Å². The van der Waals surface area contributed by atoms with Crippen LogP contribution in [0.4, 0.5) is 0 Å². The molecule has 2 nitrogen and oxygen atoms in total. The lowest BCUT2D eigenvalue weighted by atomic mass is 9.72. The summed E-state index contributed by atoms with van der Waals surface area (Å²) in [4.78, 5) is 2.58. The van der Waals surface area contributed by atoms with Crippen molar-refractivity contribution in [2.75, 3.05) is 25.1 Å². The van der Waals surface area contributed by atoms with Gasteiger partial charge < -0.3 is 10.6 Å². The molecular formula is C14H28N2S. The Kier molecular flexibility index (Phi) is 4.79. The summed E-state index contributed by atoms with van der Waals surface area (Å²) in [6.07, 6.45) is 3.96. The molecule has 1 saturated carbocycles. The summed E-state index contributed by atoms with van der Waals surface area (Å²) in [6, 6.07) is 1.23. The fourth-order valence-electron chi connectivity index (χ4n) is 3.63. The molecule has 0 aromatic heterocycles. The molecule has 5 unspecified atom stereocenters. The monoisotopic (exact) mass is 256 g/mol. The molecule has 2 rings (SSSR count). The van der Waals surface area contributed by atoms with E-state index in [1.165, 1.54) is 37.3 Å². The van der Waals surface area contributed by atoms with Crippen LogP contribution in [0.3, 0.4) is 0 Å². The third kappa shape index (κ3) is 3.39. The van der Waals surface area contributed by atoms with Crippen LogP contribution in [0.15, 0.2) is 0 Å². The Morgan fingerprint density at radius 1 is 1.29 bits per heavy atom. The molecule has 5 atom stereocenters. The topological polar surface area (TPSA) is 29.3 Å². The fourth-order valence-corrected chi connectivity index (χ4v) is 4.93. The van der Waals surface area contributed by atoms with Crippen molar-refractivity contribution in [2.45, 2.75) is 45.2 Å². The van der Waals surface area contributed by atoms with Crippen LogP contribution >= 0.6 is 11.8 Å². The Balaban J connectivity index is 1.88. The van der Waals surface area contributed by atoms with Gasteiger partial charge in [0.1, 0.15) is 0 Å². The number of thioether (sulfide) groups is 1. The van der Waals surface area contributed by atoms with Crippen LogP contribution in [0, 0.1) is 17.8 Å². The van der Waals surface area contributed by atoms with Crippen molar-refractivity contribution < 1.29 is 0 Å². The Hall–Kier alpha value is 0.270. The molecular weight excluding hydrogens is 228 g/mol. The van der Waals surface area contributed by atoms with Gasteiger partial charge in [-0.05, 0) is 49.8 Å². The van der Waals surface area contributed by atoms with Gasteiger partial charge in [-0.15, -0.1) is 0 Å². The third-order valence-corrected chi connectivity index (χ3v) is 5.90. The maximum atomic E-state index is 6.37. The summed E-state index contributed by atoms with van der Waals surface area (Å²) in [5.74, 6) is 5.00. The Morgan fingerprint density at radius 2 is 2.06 bits per heavy atom. The molecule has 0 aromatic rings. The lowest BCUT2D eigenvalue weighted by Crippen LogP contribution is -2.47. The number of nitrogens with zero attached hydrogens (tertiary/aromatic N) is 1. The highest BCUT2D eigenvalue weighted by Crippen LogP contribution is 2.34. The average molecular weight is 256 g/mol. The first-order chi connectivity index (χ1) is 8.08. The van der Waals surface area contributed by atoms with E-state index in [4.69, 9.17) is 5.73 Å².